The molecule has 9 nitrogen and oxygen atoms in total. The van der Waals surface area contributed by atoms with Gasteiger partial charge in [-0.25, -0.2) is 0 Å². The maximum atomic E-state index is 13.1. The summed E-state index contributed by atoms with van der Waals surface area (Å²) >= 11 is 1.19. The SMILES string of the molecule is Cc1c(Sc2ccccc2[N+](=O)[O-])c2ccccn2c1C(=O)c1ccc([N+](=O)[O-])o1. The van der Waals surface area contributed by atoms with Crippen LogP contribution in [-0.2, 0) is 0 Å². The number of nitro groups is 2. The Hall–Kier alpha value is -3.92. The van der Waals surface area contributed by atoms with Gasteiger partial charge < -0.3 is 8.82 Å². The Bertz CT molecular complexity index is 1320. The summed E-state index contributed by atoms with van der Waals surface area (Å²) in [5.74, 6) is -1.20. The van der Waals surface area contributed by atoms with E-state index in [0.717, 1.165) is 6.07 Å². The van der Waals surface area contributed by atoms with Gasteiger partial charge in [-0.05, 0) is 36.8 Å². The lowest BCUT2D eigenvalue weighted by Crippen LogP contribution is -2.05. The maximum absolute atomic E-state index is 13.1. The summed E-state index contributed by atoms with van der Waals surface area (Å²) < 4.78 is 6.74. The molecule has 0 bridgehead atoms. The molecule has 4 rings (SSSR count). The summed E-state index contributed by atoms with van der Waals surface area (Å²) in [6, 6.07) is 14.1. The Balaban J connectivity index is 1.85. The molecule has 1 aromatic carbocycles. The predicted molar refractivity (Wildman–Crippen MR) is 108 cm³/mol. The van der Waals surface area contributed by atoms with Crippen LogP contribution < -0.4 is 0 Å². The lowest BCUT2D eigenvalue weighted by atomic mass is 10.1. The van der Waals surface area contributed by atoms with Crippen molar-refractivity contribution in [3.05, 3.63) is 98.0 Å². The Kier molecular flexibility index (Phi) is 4.84. The van der Waals surface area contributed by atoms with Crippen LogP contribution in [0.5, 0.6) is 0 Å². The first-order chi connectivity index (χ1) is 14.4. The van der Waals surface area contributed by atoms with Gasteiger partial charge >= 0.3 is 5.88 Å². The monoisotopic (exact) mass is 423 g/mol. The third-order valence-electron chi connectivity index (χ3n) is 4.51. The van der Waals surface area contributed by atoms with E-state index in [1.54, 1.807) is 53.9 Å². The number of pyridine rings is 1. The van der Waals surface area contributed by atoms with Gasteiger partial charge in [0.2, 0.25) is 5.78 Å². The molecule has 0 N–H and O–H groups in total. The number of carbonyl (C=O) groups is 1. The number of hydrogen-bond donors (Lipinski definition) is 0. The average molecular weight is 423 g/mol. The Morgan fingerprint density at radius 2 is 1.73 bits per heavy atom. The number of nitro benzene ring substituents is 1. The molecule has 4 aromatic rings. The molecule has 150 valence electrons. The van der Waals surface area contributed by atoms with Gasteiger partial charge in [-0.2, -0.15) is 0 Å². The molecular formula is C20H13N3O6S. The zero-order valence-electron chi connectivity index (χ0n) is 15.5. The molecule has 0 aliphatic heterocycles. The van der Waals surface area contributed by atoms with Gasteiger partial charge in [-0.3, -0.25) is 25.0 Å². The molecule has 0 saturated carbocycles. The van der Waals surface area contributed by atoms with Crippen LogP contribution in [0.3, 0.4) is 0 Å². The highest BCUT2D eigenvalue weighted by molar-refractivity contribution is 7.99. The Morgan fingerprint density at radius 1 is 1.00 bits per heavy atom. The number of aromatic nitrogens is 1. The summed E-state index contributed by atoms with van der Waals surface area (Å²) in [4.78, 5) is 35.3. The van der Waals surface area contributed by atoms with Crippen molar-refractivity contribution >= 4 is 34.6 Å². The smallest absolute Gasteiger partial charge is 0.397 e. The van der Waals surface area contributed by atoms with Crippen LogP contribution >= 0.6 is 11.8 Å². The van der Waals surface area contributed by atoms with E-state index >= 15 is 0 Å². The van der Waals surface area contributed by atoms with E-state index in [1.165, 1.54) is 23.9 Å². The molecule has 0 unspecified atom stereocenters. The molecule has 0 aliphatic rings. The van der Waals surface area contributed by atoms with Crippen LogP contribution in [0.4, 0.5) is 11.6 Å². The standard InChI is InChI=1S/C20H13N3O6S/c1-12-18(19(24)15-9-10-17(29-15)23(27)28)21-11-5-4-7-14(21)20(12)30-16-8-3-2-6-13(16)22(25)26/h2-11H,1H3. The minimum Gasteiger partial charge on any atom is -0.397 e. The molecule has 0 fully saturated rings. The van der Waals surface area contributed by atoms with Crippen LogP contribution in [0.1, 0.15) is 21.8 Å². The molecular weight excluding hydrogens is 410 g/mol. The molecule has 0 atom stereocenters. The van der Waals surface area contributed by atoms with E-state index in [1.807, 2.05) is 0 Å². The largest absolute Gasteiger partial charge is 0.433 e. The van der Waals surface area contributed by atoms with Crippen molar-refractivity contribution in [2.45, 2.75) is 16.7 Å². The van der Waals surface area contributed by atoms with E-state index < -0.39 is 21.5 Å². The van der Waals surface area contributed by atoms with E-state index in [0.29, 0.717) is 20.9 Å². The van der Waals surface area contributed by atoms with Crippen molar-refractivity contribution < 1.29 is 19.1 Å². The minimum atomic E-state index is -0.713. The molecule has 0 spiro atoms. The van der Waals surface area contributed by atoms with Crippen LogP contribution in [0.25, 0.3) is 5.52 Å². The molecule has 3 aromatic heterocycles. The van der Waals surface area contributed by atoms with Crippen LogP contribution in [0.2, 0.25) is 0 Å². The van der Waals surface area contributed by atoms with Crippen LogP contribution in [-0.4, -0.2) is 20.0 Å². The molecule has 3 heterocycles. The summed E-state index contributed by atoms with van der Waals surface area (Å²) in [5, 5.41) is 22.3. The second kappa shape index (κ2) is 7.48. The van der Waals surface area contributed by atoms with E-state index in [2.05, 4.69) is 0 Å². The second-order valence-corrected chi connectivity index (χ2v) is 7.36. The van der Waals surface area contributed by atoms with Gasteiger partial charge in [0.05, 0.1) is 21.4 Å². The van der Waals surface area contributed by atoms with Crippen molar-refractivity contribution in [1.29, 1.82) is 0 Å². The van der Waals surface area contributed by atoms with Crippen LogP contribution in [0.15, 0.2) is 75.0 Å². The molecule has 10 heteroatoms. The summed E-state index contributed by atoms with van der Waals surface area (Å²) in [7, 11) is 0. The Morgan fingerprint density at radius 3 is 2.43 bits per heavy atom. The topological polar surface area (TPSA) is 121 Å². The highest BCUT2D eigenvalue weighted by Gasteiger charge is 2.27. The lowest BCUT2D eigenvalue weighted by molar-refractivity contribution is -0.402. The van der Waals surface area contributed by atoms with Gasteiger partial charge in [0.1, 0.15) is 10.6 Å². The van der Waals surface area contributed by atoms with E-state index in [4.69, 9.17) is 4.42 Å². The number of carbonyl (C=O) groups excluding carboxylic acids is 1. The average Bonchev–Trinajstić information content (AvgIpc) is 3.32. The quantitative estimate of drug-likeness (QED) is 0.242. The fourth-order valence-electron chi connectivity index (χ4n) is 3.18. The number of nitrogens with zero attached hydrogens (tertiary/aromatic N) is 3. The first-order valence-corrected chi connectivity index (χ1v) is 9.50. The first-order valence-electron chi connectivity index (χ1n) is 8.68. The van der Waals surface area contributed by atoms with Crippen molar-refractivity contribution in [2.75, 3.05) is 0 Å². The Labute approximate surface area is 173 Å². The zero-order chi connectivity index (χ0) is 21.4. The number of furan rings is 1. The van der Waals surface area contributed by atoms with Gasteiger partial charge in [0, 0.05) is 17.2 Å². The number of para-hydroxylation sites is 1. The van der Waals surface area contributed by atoms with Gasteiger partial charge in [-0.15, -0.1) is 0 Å². The lowest BCUT2D eigenvalue weighted by Gasteiger charge is -2.03. The molecule has 0 amide bonds. The van der Waals surface area contributed by atoms with Crippen molar-refractivity contribution in [3.8, 4) is 0 Å². The third-order valence-corrected chi connectivity index (χ3v) is 5.80. The summed E-state index contributed by atoms with van der Waals surface area (Å²) in [6.07, 6.45) is 1.69. The fourth-order valence-corrected chi connectivity index (χ4v) is 4.32. The predicted octanol–water partition coefficient (Wildman–Crippen LogP) is 5.04. The van der Waals surface area contributed by atoms with Crippen LogP contribution in [0, 0.1) is 27.2 Å². The normalized spacial score (nSPS) is 11.0. The number of hydrogen-bond acceptors (Lipinski definition) is 7. The molecule has 30 heavy (non-hydrogen) atoms. The molecule has 0 aliphatic carbocycles. The summed E-state index contributed by atoms with van der Waals surface area (Å²) in [5.41, 5.74) is 1.51. The first kappa shape index (κ1) is 19.4. The van der Waals surface area contributed by atoms with Gasteiger partial charge in [-0.1, -0.05) is 30.0 Å². The number of ketones is 1. The van der Waals surface area contributed by atoms with Gasteiger partial charge in [0.25, 0.3) is 5.69 Å². The third kappa shape index (κ3) is 3.22. The molecule has 0 radical (unpaired) electrons. The maximum Gasteiger partial charge on any atom is 0.433 e. The van der Waals surface area contributed by atoms with Crippen molar-refractivity contribution in [2.24, 2.45) is 0 Å². The van der Waals surface area contributed by atoms with Crippen molar-refractivity contribution in [1.82, 2.24) is 4.40 Å². The second-order valence-electron chi connectivity index (χ2n) is 6.31. The number of fused-ring (bicyclic) bond motifs is 1. The summed E-state index contributed by atoms with van der Waals surface area (Å²) in [6.45, 7) is 1.73. The highest BCUT2D eigenvalue weighted by atomic mass is 32.2. The van der Waals surface area contributed by atoms with E-state index in [-0.39, 0.29) is 17.1 Å². The number of benzene rings is 1. The minimum absolute atomic E-state index is 0.0354. The van der Waals surface area contributed by atoms with E-state index in [9.17, 15) is 25.0 Å². The fraction of sp³-hybridized carbons (Fsp3) is 0.0500. The van der Waals surface area contributed by atoms with Gasteiger partial charge in [0.15, 0.2) is 5.76 Å². The highest BCUT2D eigenvalue weighted by Crippen LogP contribution is 2.41. The molecule has 0 saturated heterocycles. The van der Waals surface area contributed by atoms with Crippen molar-refractivity contribution in [3.63, 3.8) is 0 Å². The zero-order valence-corrected chi connectivity index (χ0v) is 16.3. The number of rotatable bonds is 6.